The predicted molar refractivity (Wildman–Crippen MR) is 115 cm³/mol. The second-order valence-corrected chi connectivity index (χ2v) is 8.30. The van der Waals surface area contributed by atoms with Crippen molar-refractivity contribution in [1.82, 2.24) is 0 Å². The summed E-state index contributed by atoms with van der Waals surface area (Å²) in [5.41, 5.74) is -1.97. The lowest BCUT2D eigenvalue weighted by Gasteiger charge is -2.22. The van der Waals surface area contributed by atoms with Gasteiger partial charge in [0.15, 0.2) is 6.61 Å². The highest BCUT2D eigenvalue weighted by atomic mass is 19.3. The zero-order valence-electron chi connectivity index (χ0n) is 18.1. The van der Waals surface area contributed by atoms with Crippen LogP contribution in [0.25, 0.3) is 0 Å². The average molecular weight is 455 g/mol. The number of rotatable bonds is 9. The van der Waals surface area contributed by atoms with Crippen molar-refractivity contribution in [3.63, 3.8) is 0 Å². The summed E-state index contributed by atoms with van der Waals surface area (Å²) in [6, 6.07) is 17.8. The number of halogens is 2. The van der Waals surface area contributed by atoms with Crippen LogP contribution in [0.2, 0.25) is 0 Å². The molecule has 0 spiro atoms. The van der Waals surface area contributed by atoms with Gasteiger partial charge >= 0.3 is 11.9 Å². The highest BCUT2D eigenvalue weighted by Crippen LogP contribution is 2.75. The van der Waals surface area contributed by atoms with Gasteiger partial charge in [-0.3, -0.25) is 4.79 Å². The highest BCUT2D eigenvalue weighted by Gasteiger charge is 2.78. The molecular weight excluding hydrogens is 432 g/mol. The number of nitriles is 1. The Kier molecular flexibility index (Phi) is 6.82. The molecule has 3 atom stereocenters. The Morgan fingerprint density at radius 3 is 2.42 bits per heavy atom. The van der Waals surface area contributed by atoms with E-state index in [1.807, 2.05) is 18.2 Å². The van der Waals surface area contributed by atoms with E-state index in [9.17, 15) is 28.7 Å². The fourth-order valence-electron chi connectivity index (χ4n) is 4.50. The van der Waals surface area contributed by atoms with E-state index in [2.05, 4.69) is 10.8 Å². The van der Waals surface area contributed by atoms with Gasteiger partial charge in [-0.05, 0) is 35.2 Å². The molecule has 33 heavy (non-hydrogen) atoms. The maximum atomic E-state index is 12.5. The molecule has 0 heterocycles. The molecule has 172 valence electrons. The van der Waals surface area contributed by atoms with Crippen molar-refractivity contribution in [2.24, 2.45) is 16.7 Å². The molecule has 6 nitrogen and oxygen atoms in total. The number of carboxylic acids is 1. The third-order valence-electron chi connectivity index (χ3n) is 6.14. The number of para-hydroxylation sites is 1. The number of esters is 1. The largest absolute Gasteiger partial charge is 0.481 e. The molecule has 0 amide bonds. The summed E-state index contributed by atoms with van der Waals surface area (Å²) in [7, 11) is 0. The molecule has 0 bridgehead atoms. The second-order valence-electron chi connectivity index (χ2n) is 8.30. The fraction of sp³-hybridized carbons (Fsp3) is 0.320. The topological polar surface area (TPSA) is 96.6 Å². The molecule has 1 aliphatic carbocycles. The van der Waals surface area contributed by atoms with Crippen LogP contribution in [0.1, 0.15) is 25.3 Å². The van der Waals surface area contributed by atoms with Gasteiger partial charge in [0.25, 0.3) is 6.43 Å². The van der Waals surface area contributed by atoms with Crippen LogP contribution in [-0.4, -0.2) is 30.1 Å². The van der Waals surface area contributed by atoms with Crippen LogP contribution < -0.4 is 4.74 Å². The Morgan fingerprint density at radius 1 is 1.15 bits per heavy atom. The van der Waals surface area contributed by atoms with Crippen molar-refractivity contribution in [2.45, 2.75) is 26.2 Å². The maximum absolute atomic E-state index is 12.5. The Morgan fingerprint density at radius 2 is 1.82 bits per heavy atom. The lowest BCUT2D eigenvalue weighted by molar-refractivity contribution is -0.145. The molecule has 0 radical (unpaired) electrons. The normalized spacial score (nSPS) is 21.9. The van der Waals surface area contributed by atoms with E-state index in [-0.39, 0.29) is 0 Å². The minimum Gasteiger partial charge on any atom is -0.481 e. The van der Waals surface area contributed by atoms with Gasteiger partial charge in [0, 0.05) is 12.0 Å². The van der Waals surface area contributed by atoms with Crippen LogP contribution in [0, 0.1) is 28.1 Å². The third kappa shape index (κ3) is 4.58. The second kappa shape index (κ2) is 9.41. The molecular formula is C25H23F2NO5. The predicted octanol–water partition coefficient (Wildman–Crippen LogP) is 5.18. The number of aliphatic carboxylic acids is 1. The summed E-state index contributed by atoms with van der Waals surface area (Å²) in [6.07, 6.45) is -0.523. The highest BCUT2D eigenvalue weighted by molar-refractivity contribution is 5.86. The van der Waals surface area contributed by atoms with Crippen LogP contribution >= 0.6 is 0 Å². The number of carbonyl (C=O) groups is 2. The maximum Gasteiger partial charge on any atom is 0.330 e. The number of nitrogens with zero attached hydrogens (tertiary/aromatic N) is 1. The number of hydrogen-bond donors (Lipinski definition) is 1. The number of allylic oxidation sites excluding steroid dienone is 1. The summed E-state index contributed by atoms with van der Waals surface area (Å²) in [5.74, 6) is -2.92. The molecule has 3 rings (SSSR count). The van der Waals surface area contributed by atoms with Crippen molar-refractivity contribution in [1.29, 1.82) is 5.26 Å². The van der Waals surface area contributed by atoms with Crippen molar-refractivity contribution in [3.8, 4) is 17.6 Å². The van der Waals surface area contributed by atoms with Crippen LogP contribution in [0.15, 0.2) is 66.7 Å². The fourth-order valence-corrected chi connectivity index (χ4v) is 4.50. The van der Waals surface area contributed by atoms with E-state index in [1.165, 1.54) is 6.08 Å². The Bertz CT molecular complexity index is 1090. The van der Waals surface area contributed by atoms with Crippen LogP contribution in [0.4, 0.5) is 8.78 Å². The summed E-state index contributed by atoms with van der Waals surface area (Å²) < 4.78 is 34.7. The Hall–Kier alpha value is -3.73. The molecule has 1 aliphatic rings. The van der Waals surface area contributed by atoms with E-state index < -0.39 is 47.6 Å². The molecule has 8 heteroatoms. The first-order chi connectivity index (χ1) is 15.6. The van der Waals surface area contributed by atoms with Crippen LogP contribution in [0.3, 0.4) is 0 Å². The van der Waals surface area contributed by atoms with Crippen molar-refractivity contribution in [2.75, 3.05) is 6.61 Å². The first kappa shape index (κ1) is 23.9. The van der Waals surface area contributed by atoms with E-state index in [0.717, 1.165) is 6.08 Å². The van der Waals surface area contributed by atoms with E-state index in [4.69, 9.17) is 4.74 Å². The third-order valence-corrected chi connectivity index (χ3v) is 6.14. The van der Waals surface area contributed by atoms with Gasteiger partial charge in [-0.15, -0.1) is 0 Å². The van der Waals surface area contributed by atoms with E-state index in [0.29, 0.717) is 17.1 Å². The number of benzene rings is 2. The Labute approximate surface area is 190 Å². The molecule has 0 saturated heterocycles. The standard InChI is InChI=1S/C25H23F2NO5/c1-24(2)20(11-12-22(29)32-15-21(26)27)25(24,23(30)31)19(14-28)16-7-6-10-18(13-16)33-17-8-4-3-5-9-17/h3-13,19-21H,15H2,1-2H3,(H,30,31)/t19?,20-,25+/m0/s1. The number of ether oxygens (including phenoxy) is 2. The van der Waals surface area contributed by atoms with Gasteiger partial charge in [-0.2, -0.15) is 5.26 Å². The minimum atomic E-state index is -2.80. The zero-order valence-corrected chi connectivity index (χ0v) is 18.1. The van der Waals surface area contributed by atoms with Crippen molar-refractivity contribution < 1.29 is 33.0 Å². The molecule has 2 aromatic rings. The smallest absolute Gasteiger partial charge is 0.330 e. The number of alkyl halides is 2. The van der Waals surface area contributed by atoms with E-state index >= 15 is 0 Å². The van der Waals surface area contributed by atoms with Gasteiger partial charge in [0.1, 0.15) is 16.9 Å². The summed E-state index contributed by atoms with van der Waals surface area (Å²) >= 11 is 0. The lowest BCUT2D eigenvalue weighted by atomic mass is 9.78. The molecule has 1 fully saturated rings. The van der Waals surface area contributed by atoms with Gasteiger partial charge in [0.2, 0.25) is 0 Å². The molecule has 1 N–H and O–H groups in total. The minimum absolute atomic E-state index is 0.445. The Balaban J connectivity index is 1.90. The van der Waals surface area contributed by atoms with Crippen LogP contribution in [0.5, 0.6) is 11.5 Å². The molecule has 0 aliphatic heterocycles. The first-order valence-corrected chi connectivity index (χ1v) is 10.2. The molecule has 1 unspecified atom stereocenters. The van der Waals surface area contributed by atoms with Crippen molar-refractivity contribution >= 4 is 11.9 Å². The molecule has 0 aromatic heterocycles. The zero-order chi connectivity index (χ0) is 24.2. The summed E-state index contributed by atoms with van der Waals surface area (Å²) in [4.78, 5) is 24.2. The monoisotopic (exact) mass is 455 g/mol. The van der Waals surface area contributed by atoms with Gasteiger partial charge in [-0.25, -0.2) is 13.6 Å². The summed E-state index contributed by atoms with van der Waals surface area (Å²) in [6.45, 7) is 2.33. The van der Waals surface area contributed by atoms with E-state index in [1.54, 1.807) is 50.2 Å². The van der Waals surface area contributed by atoms with Gasteiger partial charge in [0.05, 0.1) is 12.0 Å². The average Bonchev–Trinajstić information content (AvgIpc) is 3.27. The quantitative estimate of drug-likeness (QED) is 0.414. The number of carboxylic acid groups (broad SMARTS) is 1. The number of carbonyl (C=O) groups excluding carboxylic acids is 1. The lowest BCUT2D eigenvalue weighted by Crippen LogP contribution is -2.28. The van der Waals surface area contributed by atoms with Gasteiger partial charge < -0.3 is 14.6 Å². The SMILES string of the molecule is CC1(C)[C@H](C=CC(=O)OCC(F)F)[C@@]1(C(=O)O)C(C#N)c1cccc(Oc2ccccc2)c1. The molecule has 1 saturated carbocycles. The summed E-state index contributed by atoms with van der Waals surface area (Å²) in [5, 5.41) is 20.2. The van der Waals surface area contributed by atoms with Crippen LogP contribution in [-0.2, 0) is 14.3 Å². The van der Waals surface area contributed by atoms with Crippen molar-refractivity contribution in [3.05, 3.63) is 72.3 Å². The first-order valence-electron chi connectivity index (χ1n) is 10.2. The number of hydrogen-bond acceptors (Lipinski definition) is 5. The van der Waals surface area contributed by atoms with Gasteiger partial charge in [-0.1, -0.05) is 50.3 Å². The molecule has 2 aromatic carbocycles.